The lowest BCUT2D eigenvalue weighted by molar-refractivity contribution is 0.0824. The van der Waals surface area contributed by atoms with Gasteiger partial charge in [-0.25, -0.2) is 0 Å². The third-order valence-electron chi connectivity index (χ3n) is 3.16. The second-order valence-corrected chi connectivity index (χ2v) is 6.92. The number of hydrogen-bond donors (Lipinski definition) is 1. The summed E-state index contributed by atoms with van der Waals surface area (Å²) in [4.78, 5) is 0.590. The highest BCUT2D eigenvalue weighted by Crippen LogP contribution is 2.28. The van der Waals surface area contributed by atoms with Gasteiger partial charge < -0.3 is 10.1 Å². The molecule has 0 spiro atoms. The van der Waals surface area contributed by atoms with Crippen LogP contribution in [0.4, 0.5) is 0 Å². The first-order chi connectivity index (χ1) is 9.13. The fraction of sp³-hybridized carbons (Fsp3) is 0.538. The molecule has 3 atom stereocenters. The van der Waals surface area contributed by atoms with Gasteiger partial charge in [-0.05, 0) is 31.2 Å². The summed E-state index contributed by atoms with van der Waals surface area (Å²) < 4.78 is 18.2. The Bertz CT molecular complexity index is 468. The van der Waals surface area contributed by atoms with E-state index < -0.39 is 10.8 Å². The summed E-state index contributed by atoms with van der Waals surface area (Å²) in [6.07, 6.45) is 0.864. The van der Waals surface area contributed by atoms with Gasteiger partial charge in [-0.1, -0.05) is 30.1 Å². The molecule has 1 aromatic rings. The van der Waals surface area contributed by atoms with Crippen LogP contribution in [0.5, 0.6) is 0 Å². The van der Waals surface area contributed by atoms with E-state index in [0.717, 1.165) is 13.0 Å². The fourth-order valence-electron chi connectivity index (χ4n) is 2.21. The third-order valence-corrected chi connectivity index (χ3v) is 5.62. The van der Waals surface area contributed by atoms with Crippen molar-refractivity contribution in [3.05, 3.63) is 28.2 Å². The van der Waals surface area contributed by atoms with Gasteiger partial charge in [0.15, 0.2) is 0 Å². The second-order valence-electron chi connectivity index (χ2n) is 4.44. The highest BCUT2D eigenvalue weighted by atomic mass is 35.5. The zero-order valence-corrected chi connectivity index (χ0v) is 13.0. The largest absolute Gasteiger partial charge is 0.380 e. The first kappa shape index (κ1) is 15.3. The molecule has 1 aliphatic heterocycles. The van der Waals surface area contributed by atoms with E-state index >= 15 is 0 Å². The van der Waals surface area contributed by atoms with Gasteiger partial charge in [-0.15, -0.1) is 0 Å². The monoisotopic (exact) mass is 321 g/mol. The van der Waals surface area contributed by atoms with E-state index in [-0.39, 0.29) is 11.3 Å². The number of rotatable bonds is 4. The van der Waals surface area contributed by atoms with E-state index in [1.165, 1.54) is 0 Å². The van der Waals surface area contributed by atoms with Crippen LogP contribution in [-0.2, 0) is 15.5 Å². The van der Waals surface area contributed by atoms with E-state index in [1.54, 1.807) is 18.2 Å². The number of hydrogen-bond acceptors (Lipinski definition) is 3. The lowest BCUT2D eigenvalue weighted by Crippen LogP contribution is -2.48. The molecular formula is C13H17Cl2NO2S. The molecule has 0 aromatic heterocycles. The molecule has 1 fully saturated rings. The van der Waals surface area contributed by atoms with Crippen LogP contribution >= 0.6 is 23.2 Å². The van der Waals surface area contributed by atoms with Crippen LogP contribution in [-0.4, -0.2) is 35.3 Å². The minimum Gasteiger partial charge on any atom is -0.380 e. The molecule has 0 amide bonds. The fourth-order valence-corrected chi connectivity index (χ4v) is 4.38. The maximum atomic E-state index is 12.7. The van der Waals surface area contributed by atoms with E-state index in [2.05, 4.69) is 5.32 Å². The van der Waals surface area contributed by atoms with Crippen LogP contribution in [0.1, 0.15) is 13.3 Å². The summed E-state index contributed by atoms with van der Waals surface area (Å²) in [5, 5.41) is 4.31. The molecule has 0 aliphatic carbocycles. The number of nitrogens with one attached hydrogen (secondary N) is 1. The molecule has 1 aromatic carbocycles. The van der Waals surface area contributed by atoms with Crippen LogP contribution < -0.4 is 5.32 Å². The van der Waals surface area contributed by atoms with Crippen LogP contribution in [0.25, 0.3) is 0 Å². The average molecular weight is 322 g/mol. The molecule has 1 N–H and O–H groups in total. The van der Waals surface area contributed by atoms with Crippen molar-refractivity contribution in [2.24, 2.45) is 0 Å². The quantitative estimate of drug-likeness (QED) is 0.926. The summed E-state index contributed by atoms with van der Waals surface area (Å²) >= 11 is 12.1. The van der Waals surface area contributed by atoms with Gasteiger partial charge in [0.25, 0.3) is 0 Å². The SMILES string of the molecule is CCNC1CCOCC1S(=O)c1cc(Cl)ccc1Cl. The van der Waals surface area contributed by atoms with Crippen LogP contribution in [0.15, 0.2) is 23.1 Å². The van der Waals surface area contributed by atoms with Crippen molar-refractivity contribution in [2.75, 3.05) is 19.8 Å². The summed E-state index contributed by atoms with van der Waals surface area (Å²) in [5.74, 6) is 0. The molecule has 1 saturated heterocycles. The summed E-state index contributed by atoms with van der Waals surface area (Å²) in [6.45, 7) is 4.07. The van der Waals surface area contributed by atoms with Crippen molar-refractivity contribution >= 4 is 34.0 Å². The summed E-state index contributed by atoms with van der Waals surface area (Å²) in [6, 6.07) is 5.25. The van der Waals surface area contributed by atoms with E-state index in [0.29, 0.717) is 28.2 Å². The maximum absolute atomic E-state index is 12.7. The van der Waals surface area contributed by atoms with Crippen LogP contribution in [0.2, 0.25) is 10.0 Å². The molecule has 6 heteroatoms. The Labute approximate surface area is 126 Å². The van der Waals surface area contributed by atoms with Crippen LogP contribution in [0.3, 0.4) is 0 Å². The standard InChI is InChI=1S/C13H17Cl2NO2S/c1-2-16-11-5-6-18-8-13(11)19(17)12-7-9(14)3-4-10(12)15/h3-4,7,11,13,16H,2,5-6,8H2,1H3. The Kier molecular flexibility index (Phi) is 5.66. The van der Waals surface area contributed by atoms with Gasteiger partial charge in [0.1, 0.15) is 0 Å². The minimum atomic E-state index is -1.23. The average Bonchev–Trinajstić information content (AvgIpc) is 2.42. The number of benzene rings is 1. The molecule has 19 heavy (non-hydrogen) atoms. The second kappa shape index (κ2) is 7.04. The smallest absolute Gasteiger partial charge is 0.0782 e. The Morgan fingerprint density at radius 1 is 1.47 bits per heavy atom. The van der Waals surface area contributed by atoms with E-state index in [1.807, 2.05) is 6.92 Å². The third kappa shape index (κ3) is 3.70. The van der Waals surface area contributed by atoms with Gasteiger partial charge in [0, 0.05) is 17.7 Å². The zero-order chi connectivity index (χ0) is 13.8. The predicted octanol–water partition coefficient (Wildman–Crippen LogP) is 2.87. The number of halogens is 2. The molecular weight excluding hydrogens is 305 g/mol. The Balaban J connectivity index is 2.23. The molecule has 1 heterocycles. The molecule has 1 aliphatic rings. The maximum Gasteiger partial charge on any atom is 0.0782 e. The Morgan fingerprint density at radius 3 is 3.00 bits per heavy atom. The van der Waals surface area contributed by atoms with Gasteiger partial charge >= 0.3 is 0 Å². The minimum absolute atomic E-state index is 0.0929. The first-order valence-electron chi connectivity index (χ1n) is 6.30. The highest BCUT2D eigenvalue weighted by Gasteiger charge is 2.31. The van der Waals surface area contributed by atoms with Gasteiger partial charge in [-0.3, -0.25) is 4.21 Å². The van der Waals surface area contributed by atoms with Crippen molar-refractivity contribution in [1.82, 2.24) is 5.32 Å². The number of ether oxygens (including phenoxy) is 1. The van der Waals surface area contributed by atoms with E-state index in [4.69, 9.17) is 27.9 Å². The molecule has 106 valence electrons. The predicted molar refractivity (Wildman–Crippen MR) is 79.6 cm³/mol. The van der Waals surface area contributed by atoms with Crippen molar-refractivity contribution in [2.45, 2.75) is 29.5 Å². The first-order valence-corrected chi connectivity index (χ1v) is 8.27. The lowest BCUT2D eigenvalue weighted by atomic mass is 10.1. The highest BCUT2D eigenvalue weighted by molar-refractivity contribution is 7.86. The molecule has 3 unspecified atom stereocenters. The molecule has 0 radical (unpaired) electrons. The zero-order valence-electron chi connectivity index (χ0n) is 10.7. The molecule has 0 bridgehead atoms. The van der Waals surface area contributed by atoms with Crippen molar-refractivity contribution < 1.29 is 8.95 Å². The summed E-state index contributed by atoms with van der Waals surface area (Å²) in [5.41, 5.74) is 0. The van der Waals surface area contributed by atoms with E-state index in [9.17, 15) is 4.21 Å². The van der Waals surface area contributed by atoms with Gasteiger partial charge in [-0.2, -0.15) is 0 Å². The lowest BCUT2D eigenvalue weighted by Gasteiger charge is -2.31. The van der Waals surface area contributed by atoms with Crippen molar-refractivity contribution in [3.8, 4) is 0 Å². The van der Waals surface area contributed by atoms with Crippen molar-refractivity contribution in [1.29, 1.82) is 0 Å². The normalized spacial score (nSPS) is 25.2. The molecule has 2 rings (SSSR count). The molecule has 0 saturated carbocycles. The van der Waals surface area contributed by atoms with Crippen molar-refractivity contribution in [3.63, 3.8) is 0 Å². The Morgan fingerprint density at radius 2 is 2.26 bits per heavy atom. The molecule has 3 nitrogen and oxygen atoms in total. The summed E-state index contributed by atoms with van der Waals surface area (Å²) in [7, 11) is -1.23. The van der Waals surface area contributed by atoms with Crippen LogP contribution in [0, 0.1) is 0 Å². The topological polar surface area (TPSA) is 38.3 Å². The Hall–Kier alpha value is -0.130. The van der Waals surface area contributed by atoms with Gasteiger partial charge in [0.05, 0.1) is 32.6 Å². The van der Waals surface area contributed by atoms with Gasteiger partial charge in [0.2, 0.25) is 0 Å².